The molecule has 1 atom stereocenters. The zero-order valence-electron chi connectivity index (χ0n) is 16.9. The summed E-state index contributed by atoms with van der Waals surface area (Å²) in [6, 6.07) is 14.3. The molecule has 1 unspecified atom stereocenters. The van der Waals surface area contributed by atoms with Crippen molar-refractivity contribution in [1.82, 2.24) is 0 Å². The quantitative estimate of drug-likeness (QED) is 0.509. The molecule has 0 saturated heterocycles. The van der Waals surface area contributed by atoms with Crippen molar-refractivity contribution in [3.63, 3.8) is 0 Å². The summed E-state index contributed by atoms with van der Waals surface area (Å²) in [6.07, 6.45) is 0.886. The molecule has 3 aromatic carbocycles. The van der Waals surface area contributed by atoms with Crippen LogP contribution in [0.3, 0.4) is 0 Å². The first kappa shape index (κ1) is 20.4. The fraction of sp³-hybridized carbons (Fsp3) is 0.200. The molecule has 0 spiro atoms. The van der Waals surface area contributed by atoms with Gasteiger partial charge >= 0.3 is 0 Å². The Morgan fingerprint density at radius 2 is 1.87 bits per heavy atom. The van der Waals surface area contributed by atoms with Crippen LogP contribution < -0.4 is 10.5 Å². The van der Waals surface area contributed by atoms with Crippen LogP contribution in [0.25, 0.3) is 16.8 Å². The van der Waals surface area contributed by atoms with Crippen LogP contribution in [0.2, 0.25) is 5.02 Å². The molecular weight excluding hydrogens is 404 g/mol. The topological polar surface area (TPSA) is 35.2 Å². The van der Waals surface area contributed by atoms with E-state index in [1.807, 2.05) is 44.2 Å². The standard InChI is InChI=1S/C25H22ClF2NO/c1-4-15-10-11-17(14(2)29)22(24(15)28)21-18-13-25(3,16-8-6-5-7-9-16)30-20(18)12-19(27)23(21)26/h5-12H,2,4,13,29H2,1,3H3. The van der Waals surface area contributed by atoms with Crippen molar-refractivity contribution >= 4 is 17.3 Å². The third kappa shape index (κ3) is 3.16. The Bertz CT molecular complexity index is 1160. The van der Waals surface area contributed by atoms with Crippen molar-refractivity contribution in [2.45, 2.75) is 32.3 Å². The minimum atomic E-state index is -0.728. The van der Waals surface area contributed by atoms with Crippen LogP contribution in [0.1, 0.15) is 36.1 Å². The predicted octanol–water partition coefficient (Wildman–Crippen LogP) is 6.63. The summed E-state index contributed by atoms with van der Waals surface area (Å²) in [7, 11) is 0. The van der Waals surface area contributed by atoms with E-state index in [1.165, 1.54) is 6.07 Å². The van der Waals surface area contributed by atoms with Crippen molar-refractivity contribution in [3.05, 3.63) is 94.0 Å². The first-order valence-corrected chi connectivity index (χ1v) is 10.2. The van der Waals surface area contributed by atoms with Gasteiger partial charge in [-0.1, -0.05) is 67.6 Å². The Labute approximate surface area is 179 Å². The normalized spacial score (nSPS) is 17.5. The van der Waals surface area contributed by atoms with Crippen LogP contribution in [-0.4, -0.2) is 0 Å². The van der Waals surface area contributed by atoms with Crippen LogP contribution in [0.4, 0.5) is 8.78 Å². The van der Waals surface area contributed by atoms with Gasteiger partial charge in [0.25, 0.3) is 0 Å². The summed E-state index contributed by atoms with van der Waals surface area (Å²) in [4.78, 5) is 0. The smallest absolute Gasteiger partial charge is 0.146 e. The molecule has 154 valence electrons. The summed E-state index contributed by atoms with van der Waals surface area (Å²) < 4.78 is 36.6. The summed E-state index contributed by atoms with van der Waals surface area (Å²) >= 11 is 6.43. The van der Waals surface area contributed by atoms with Gasteiger partial charge in [-0.3, -0.25) is 0 Å². The molecule has 0 aliphatic carbocycles. The average molecular weight is 426 g/mol. The van der Waals surface area contributed by atoms with Gasteiger partial charge in [0.15, 0.2) is 0 Å². The second kappa shape index (κ2) is 7.44. The van der Waals surface area contributed by atoms with Crippen molar-refractivity contribution in [2.24, 2.45) is 5.73 Å². The molecule has 30 heavy (non-hydrogen) atoms. The minimum Gasteiger partial charge on any atom is -0.482 e. The highest BCUT2D eigenvalue weighted by Crippen LogP contribution is 2.50. The number of nitrogens with two attached hydrogens (primary N) is 1. The molecule has 2 nitrogen and oxygen atoms in total. The number of ether oxygens (including phenoxy) is 1. The Kier molecular flexibility index (Phi) is 5.07. The fourth-order valence-corrected chi connectivity index (χ4v) is 4.40. The van der Waals surface area contributed by atoms with Gasteiger partial charge in [-0.05, 0) is 24.5 Å². The third-order valence-electron chi connectivity index (χ3n) is 5.72. The van der Waals surface area contributed by atoms with Gasteiger partial charge in [0.05, 0.1) is 5.02 Å². The maximum absolute atomic E-state index is 15.6. The van der Waals surface area contributed by atoms with E-state index in [0.717, 1.165) is 5.56 Å². The lowest BCUT2D eigenvalue weighted by Gasteiger charge is -2.24. The van der Waals surface area contributed by atoms with E-state index in [4.69, 9.17) is 22.1 Å². The lowest BCUT2D eigenvalue weighted by Crippen LogP contribution is -2.26. The maximum atomic E-state index is 15.6. The van der Waals surface area contributed by atoms with Crippen molar-refractivity contribution < 1.29 is 13.5 Å². The monoisotopic (exact) mass is 425 g/mol. The number of hydrogen-bond donors (Lipinski definition) is 1. The Balaban J connectivity index is 2.00. The van der Waals surface area contributed by atoms with Gasteiger partial charge in [-0.15, -0.1) is 0 Å². The Morgan fingerprint density at radius 1 is 1.17 bits per heavy atom. The van der Waals surface area contributed by atoms with E-state index < -0.39 is 17.2 Å². The summed E-state index contributed by atoms with van der Waals surface area (Å²) in [5.41, 5.74) is 8.35. The van der Waals surface area contributed by atoms with Gasteiger partial charge in [-0.2, -0.15) is 0 Å². The molecule has 0 aromatic heterocycles. The predicted molar refractivity (Wildman–Crippen MR) is 118 cm³/mol. The van der Waals surface area contributed by atoms with Crippen LogP contribution in [0.5, 0.6) is 5.75 Å². The molecule has 3 aromatic rings. The molecule has 2 N–H and O–H groups in total. The third-order valence-corrected chi connectivity index (χ3v) is 6.09. The summed E-state index contributed by atoms with van der Waals surface area (Å²) in [5, 5.41) is -0.149. The summed E-state index contributed by atoms with van der Waals surface area (Å²) in [6.45, 7) is 7.56. The molecule has 1 aliphatic rings. The van der Waals surface area contributed by atoms with Gasteiger partial charge in [0, 0.05) is 40.4 Å². The van der Waals surface area contributed by atoms with E-state index in [0.29, 0.717) is 35.3 Å². The zero-order valence-corrected chi connectivity index (χ0v) is 17.6. The van der Waals surface area contributed by atoms with Crippen LogP contribution in [0, 0.1) is 11.6 Å². The Morgan fingerprint density at radius 3 is 2.50 bits per heavy atom. The molecular formula is C25H22ClF2NO. The maximum Gasteiger partial charge on any atom is 0.146 e. The van der Waals surface area contributed by atoms with Gasteiger partial charge in [-0.25, -0.2) is 8.78 Å². The van der Waals surface area contributed by atoms with E-state index in [2.05, 4.69) is 6.58 Å². The number of rotatable bonds is 4. The van der Waals surface area contributed by atoms with E-state index >= 15 is 4.39 Å². The lowest BCUT2D eigenvalue weighted by atomic mass is 9.85. The van der Waals surface area contributed by atoms with Crippen LogP contribution >= 0.6 is 11.6 Å². The average Bonchev–Trinajstić information content (AvgIpc) is 3.07. The Hall–Kier alpha value is -2.85. The summed E-state index contributed by atoms with van der Waals surface area (Å²) in [5.74, 6) is -0.782. The van der Waals surface area contributed by atoms with Gasteiger partial charge in [0.1, 0.15) is 23.0 Å². The fourth-order valence-electron chi connectivity index (χ4n) is 4.14. The second-order valence-electron chi connectivity index (χ2n) is 7.74. The highest BCUT2D eigenvalue weighted by Gasteiger charge is 2.40. The highest BCUT2D eigenvalue weighted by molar-refractivity contribution is 6.34. The van der Waals surface area contributed by atoms with E-state index in [-0.39, 0.29) is 21.8 Å². The van der Waals surface area contributed by atoms with Crippen molar-refractivity contribution in [2.75, 3.05) is 0 Å². The molecule has 1 aliphatic heterocycles. The van der Waals surface area contributed by atoms with Crippen LogP contribution in [0.15, 0.2) is 55.1 Å². The van der Waals surface area contributed by atoms with Gasteiger partial charge < -0.3 is 10.5 Å². The largest absolute Gasteiger partial charge is 0.482 e. The first-order valence-electron chi connectivity index (χ1n) is 9.78. The molecule has 5 heteroatoms. The first-order chi connectivity index (χ1) is 14.3. The molecule has 4 rings (SSSR count). The lowest BCUT2D eigenvalue weighted by molar-refractivity contribution is 0.115. The van der Waals surface area contributed by atoms with E-state index in [1.54, 1.807) is 12.1 Å². The number of halogens is 3. The molecule has 0 radical (unpaired) electrons. The van der Waals surface area contributed by atoms with Crippen LogP contribution in [-0.2, 0) is 18.4 Å². The SMILES string of the molecule is C=C(N)c1ccc(CC)c(F)c1-c1c(Cl)c(F)cc2c1CC(C)(c1ccccc1)O2. The number of benzene rings is 3. The number of hydrogen-bond acceptors (Lipinski definition) is 2. The minimum absolute atomic E-state index is 0.149. The second-order valence-corrected chi connectivity index (χ2v) is 8.12. The molecule has 0 fully saturated rings. The molecule has 0 amide bonds. The van der Waals surface area contributed by atoms with Crippen molar-refractivity contribution in [3.8, 4) is 16.9 Å². The van der Waals surface area contributed by atoms with Crippen molar-refractivity contribution in [1.29, 1.82) is 0 Å². The van der Waals surface area contributed by atoms with Gasteiger partial charge in [0.2, 0.25) is 0 Å². The number of aryl methyl sites for hydroxylation is 1. The highest BCUT2D eigenvalue weighted by atomic mass is 35.5. The molecule has 0 bridgehead atoms. The number of fused-ring (bicyclic) bond motifs is 1. The van der Waals surface area contributed by atoms with E-state index in [9.17, 15) is 4.39 Å². The molecule has 1 heterocycles. The molecule has 0 saturated carbocycles. The zero-order chi connectivity index (χ0) is 21.6.